The van der Waals surface area contributed by atoms with Gasteiger partial charge in [-0.1, -0.05) is 30.7 Å². The molecule has 0 N–H and O–H groups in total. The van der Waals surface area contributed by atoms with Gasteiger partial charge in [0.2, 0.25) is 5.91 Å². The fourth-order valence-corrected chi connectivity index (χ4v) is 4.91. The summed E-state index contributed by atoms with van der Waals surface area (Å²) in [5, 5.41) is 4.84. The first-order valence-electron chi connectivity index (χ1n) is 10.4. The minimum atomic E-state index is 0.203. The van der Waals surface area contributed by atoms with Crippen molar-refractivity contribution < 1.29 is 4.79 Å². The van der Waals surface area contributed by atoms with E-state index in [4.69, 9.17) is 5.10 Å². The molecular weight excluding hydrogens is 334 g/mol. The molecule has 1 amide bonds. The highest BCUT2D eigenvalue weighted by atomic mass is 16.2. The third-order valence-corrected chi connectivity index (χ3v) is 6.54. The second-order valence-corrected chi connectivity index (χ2v) is 8.51. The Hall–Kier alpha value is -2.10. The van der Waals surface area contributed by atoms with E-state index >= 15 is 0 Å². The van der Waals surface area contributed by atoms with Crippen LogP contribution >= 0.6 is 0 Å². The van der Waals surface area contributed by atoms with Gasteiger partial charge in [0.25, 0.3) is 0 Å². The van der Waals surface area contributed by atoms with Crippen molar-refractivity contribution in [3.63, 3.8) is 0 Å². The number of fused-ring (bicyclic) bond motifs is 1. The molecule has 2 heterocycles. The molecule has 0 radical (unpaired) electrons. The van der Waals surface area contributed by atoms with Crippen LogP contribution in [0.3, 0.4) is 0 Å². The molecule has 1 aliphatic carbocycles. The van der Waals surface area contributed by atoms with Gasteiger partial charge >= 0.3 is 0 Å². The highest BCUT2D eigenvalue weighted by Crippen LogP contribution is 2.35. The molecule has 0 unspecified atom stereocenters. The maximum atomic E-state index is 13.2. The molecule has 2 aromatic rings. The Bertz CT molecular complexity index is 867. The number of hydrogen-bond donors (Lipinski definition) is 0. The van der Waals surface area contributed by atoms with Crippen molar-refractivity contribution in [1.82, 2.24) is 14.7 Å². The number of aromatic nitrogens is 2. The first-order chi connectivity index (χ1) is 13.0. The van der Waals surface area contributed by atoms with Gasteiger partial charge in [-0.25, -0.2) is 0 Å². The molecule has 1 aliphatic heterocycles. The van der Waals surface area contributed by atoms with Gasteiger partial charge < -0.3 is 4.90 Å². The Morgan fingerprint density at radius 3 is 2.78 bits per heavy atom. The second kappa shape index (κ2) is 7.14. The number of benzene rings is 1. The van der Waals surface area contributed by atoms with Gasteiger partial charge in [-0.05, 0) is 69.6 Å². The topological polar surface area (TPSA) is 38.1 Å². The van der Waals surface area contributed by atoms with Crippen LogP contribution in [-0.4, -0.2) is 27.1 Å². The van der Waals surface area contributed by atoms with Gasteiger partial charge in [0, 0.05) is 18.2 Å². The lowest BCUT2D eigenvalue weighted by molar-refractivity contribution is -0.133. The normalized spacial score (nSPS) is 22.1. The molecule has 27 heavy (non-hydrogen) atoms. The van der Waals surface area contributed by atoms with E-state index in [1.807, 2.05) is 4.68 Å². The van der Waals surface area contributed by atoms with Gasteiger partial charge in [-0.2, -0.15) is 5.10 Å². The number of carbonyl (C=O) groups is 1. The fraction of sp³-hybridized carbons (Fsp3) is 0.565. The molecule has 2 aliphatic rings. The first kappa shape index (κ1) is 18.3. The second-order valence-electron chi connectivity index (χ2n) is 8.51. The number of nitrogens with zero attached hydrogens (tertiary/aromatic N) is 3. The van der Waals surface area contributed by atoms with Crippen LogP contribution < -0.4 is 0 Å². The van der Waals surface area contributed by atoms with E-state index in [1.165, 1.54) is 46.5 Å². The van der Waals surface area contributed by atoms with Gasteiger partial charge in [0.1, 0.15) is 6.54 Å². The number of amides is 1. The summed E-state index contributed by atoms with van der Waals surface area (Å²) in [7, 11) is 0. The molecule has 1 fully saturated rings. The largest absolute Gasteiger partial charge is 0.334 e. The van der Waals surface area contributed by atoms with E-state index in [1.54, 1.807) is 0 Å². The number of aryl methyl sites for hydroxylation is 2. The summed E-state index contributed by atoms with van der Waals surface area (Å²) in [5.41, 5.74) is 7.65. The van der Waals surface area contributed by atoms with Crippen molar-refractivity contribution in [2.24, 2.45) is 0 Å². The summed E-state index contributed by atoms with van der Waals surface area (Å²) in [6.07, 6.45) is 5.68. The predicted octanol–water partition coefficient (Wildman–Crippen LogP) is 4.61. The summed E-state index contributed by atoms with van der Waals surface area (Å²) >= 11 is 0. The fourth-order valence-electron chi connectivity index (χ4n) is 4.91. The smallest absolute Gasteiger partial charge is 0.244 e. The Labute approximate surface area is 162 Å². The summed E-state index contributed by atoms with van der Waals surface area (Å²) in [6.45, 7) is 9.89. The number of carbonyl (C=O) groups excluding carboxylic acids is 1. The van der Waals surface area contributed by atoms with Crippen LogP contribution in [-0.2, 0) is 17.8 Å². The highest BCUT2D eigenvalue weighted by molar-refractivity contribution is 5.77. The Morgan fingerprint density at radius 1 is 1.19 bits per heavy atom. The third-order valence-electron chi connectivity index (χ3n) is 6.54. The van der Waals surface area contributed by atoms with Crippen LogP contribution in [0.5, 0.6) is 0 Å². The Kier molecular flexibility index (Phi) is 4.83. The van der Waals surface area contributed by atoms with Gasteiger partial charge in [-0.3, -0.25) is 9.48 Å². The van der Waals surface area contributed by atoms with Gasteiger partial charge in [0.05, 0.1) is 11.7 Å². The van der Waals surface area contributed by atoms with Crippen LogP contribution in [0.4, 0.5) is 0 Å². The predicted molar refractivity (Wildman–Crippen MR) is 108 cm³/mol. The average Bonchev–Trinajstić information content (AvgIpc) is 3.24. The van der Waals surface area contributed by atoms with Crippen LogP contribution in [0.15, 0.2) is 18.2 Å². The molecule has 4 nitrogen and oxygen atoms in total. The Morgan fingerprint density at radius 2 is 2.00 bits per heavy atom. The van der Waals surface area contributed by atoms with Crippen molar-refractivity contribution in [1.29, 1.82) is 0 Å². The van der Waals surface area contributed by atoms with E-state index in [0.29, 0.717) is 12.5 Å². The van der Waals surface area contributed by atoms with Gasteiger partial charge in [0.15, 0.2) is 0 Å². The van der Waals surface area contributed by atoms with E-state index < -0.39 is 0 Å². The molecule has 4 rings (SSSR count). The zero-order valence-electron chi connectivity index (χ0n) is 17.1. The lowest BCUT2D eigenvalue weighted by atomic mass is 9.88. The zero-order chi connectivity index (χ0) is 19.1. The third kappa shape index (κ3) is 3.30. The highest BCUT2D eigenvalue weighted by Gasteiger charge is 2.32. The van der Waals surface area contributed by atoms with Crippen LogP contribution in [0.25, 0.3) is 0 Å². The van der Waals surface area contributed by atoms with E-state index in [2.05, 4.69) is 50.8 Å². The molecule has 2 atom stereocenters. The summed E-state index contributed by atoms with van der Waals surface area (Å²) < 4.78 is 1.97. The number of hydrogen-bond acceptors (Lipinski definition) is 2. The molecule has 0 saturated carbocycles. The van der Waals surface area contributed by atoms with Crippen LogP contribution in [0.2, 0.25) is 0 Å². The average molecular weight is 366 g/mol. The lowest BCUT2D eigenvalue weighted by Crippen LogP contribution is -2.34. The molecule has 0 bridgehead atoms. The monoisotopic (exact) mass is 365 g/mol. The first-order valence-corrected chi connectivity index (χ1v) is 10.4. The summed E-state index contributed by atoms with van der Waals surface area (Å²) in [6, 6.07) is 6.80. The molecule has 1 saturated heterocycles. The maximum absolute atomic E-state index is 13.2. The lowest BCUT2D eigenvalue weighted by Gasteiger charge is -2.27. The summed E-state index contributed by atoms with van der Waals surface area (Å²) in [4.78, 5) is 15.3. The van der Waals surface area contributed by atoms with E-state index in [-0.39, 0.29) is 11.9 Å². The molecule has 4 heteroatoms. The standard InChI is InChI=1S/C23H31N3O/c1-15-10-11-16(2)20(13-15)21-9-6-12-25(21)22(27)14-26-18(4)19-8-5-7-17(3)23(19)24-26/h10-11,13,17,21H,5-9,12,14H2,1-4H3/t17-,21-/m0/s1. The van der Waals surface area contributed by atoms with Crippen molar-refractivity contribution in [2.75, 3.05) is 6.54 Å². The van der Waals surface area contributed by atoms with Crippen LogP contribution in [0.1, 0.15) is 78.2 Å². The van der Waals surface area contributed by atoms with Crippen molar-refractivity contribution in [2.45, 2.75) is 78.3 Å². The van der Waals surface area contributed by atoms with Crippen LogP contribution in [0, 0.1) is 20.8 Å². The van der Waals surface area contributed by atoms with Crippen molar-refractivity contribution in [3.05, 3.63) is 51.8 Å². The quantitative estimate of drug-likeness (QED) is 0.796. The molecular formula is C23H31N3O. The molecule has 1 aromatic carbocycles. The SMILES string of the molecule is Cc1ccc(C)c([C@@H]2CCCN2C(=O)Cn2nc3c(c2C)CCC[C@@H]3C)c1. The van der Waals surface area contributed by atoms with Crippen molar-refractivity contribution in [3.8, 4) is 0 Å². The van der Waals surface area contributed by atoms with Crippen molar-refractivity contribution >= 4 is 5.91 Å². The molecule has 144 valence electrons. The minimum Gasteiger partial charge on any atom is -0.334 e. The number of rotatable bonds is 3. The van der Waals surface area contributed by atoms with Gasteiger partial charge in [-0.15, -0.1) is 0 Å². The minimum absolute atomic E-state index is 0.203. The Balaban J connectivity index is 1.57. The number of likely N-dealkylation sites (tertiary alicyclic amines) is 1. The van der Waals surface area contributed by atoms with E-state index in [0.717, 1.165) is 25.8 Å². The summed E-state index contributed by atoms with van der Waals surface area (Å²) in [5.74, 6) is 0.715. The molecule has 0 spiro atoms. The zero-order valence-corrected chi connectivity index (χ0v) is 17.1. The molecule has 1 aromatic heterocycles. The maximum Gasteiger partial charge on any atom is 0.244 e. The van der Waals surface area contributed by atoms with E-state index in [9.17, 15) is 4.79 Å².